The van der Waals surface area contributed by atoms with Crippen LogP contribution in [0.1, 0.15) is 18.9 Å². The molecule has 0 bridgehead atoms. The number of carbonyl (C=O) groups excluding carboxylic acids is 1. The van der Waals surface area contributed by atoms with Crippen LogP contribution in [0.25, 0.3) is 22.8 Å². The van der Waals surface area contributed by atoms with Gasteiger partial charge in [0.2, 0.25) is 5.82 Å². The number of urea groups is 1. The van der Waals surface area contributed by atoms with Crippen molar-refractivity contribution in [2.24, 2.45) is 0 Å². The third-order valence-electron chi connectivity index (χ3n) is 3.80. The summed E-state index contributed by atoms with van der Waals surface area (Å²) in [6.45, 7) is 2.48. The molecule has 0 aliphatic carbocycles. The molecule has 146 valence electrons. The van der Waals surface area contributed by atoms with Crippen molar-refractivity contribution < 1.29 is 22.5 Å². The van der Waals surface area contributed by atoms with Gasteiger partial charge in [0.15, 0.2) is 0 Å². The molecule has 1 heterocycles. The maximum atomic E-state index is 13.2. The molecular formula is C19H17F3N4O2. The number of alkyl halides is 3. The number of halogens is 3. The normalized spacial score (nSPS) is 11.3. The third kappa shape index (κ3) is 4.48. The number of nitrogens with one attached hydrogen (secondary N) is 2. The van der Waals surface area contributed by atoms with Crippen LogP contribution in [-0.2, 0) is 6.18 Å². The highest BCUT2D eigenvalue weighted by atomic mass is 19.4. The Morgan fingerprint density at radius 1 is 1.14 bits per heavy atom. The Morgan fingerprint density at radius 2 is 1.93 bits per heavy atom. The Bertz CT molecular complexity index is 970. The van der Waals surface area contributed by atoms with Crippen molar-refractivity contribution in [2.75, 3.05) is 11.9 Å². The Labute approximate surface area is 158 Å². The van der Waals surface area contributed by atoms with Crippen LogP contribution in [0.15, 0.2) is 53.1 Å². The fourth-order valence-corrected chi connectivity index (χ4v) is 2.52. The standard InChI is InChI=1S/C19H17F3N4O2/c1-2-10-23-18(27)24-13-7-5-6-12(11-13)16-25-17(28-26-16)14-8-3-4-9-15(14)19(20,21)22/h3-9,11H,2,10H2,1H3,(H2,23,24,27). The first-order valence-corrected chi connectivity index (χ1v) is 8.54. The third-order valence-corrected chi connectivity index (χ3v) is 3.80. The first kappa shape index (κ1) is 19.4. The molecule has 6 nitrogen and oxygen atoms in total. The van der Waals surface area contributed by atoms with E-state index in [0.29, 0.717) is 17.8 Å². The van der Waals surface area contributed by atoms with Crippen molar-refractivity contribution in [3.63, 3.8) is 0 Å². The van der Waals surface area contributed by atoms with Gasteiger partial charge in [-0.3, -0.25) is 0 Å². The molecule has 0 aliphatic heterocycles. The highest BCUT2D eigenvalue weighted by Crippen LogP contribution is 2.36. The summed E-state index contributed by atoms with van der Waals surface area (Å²) in [5.74, 6) is -0.119. The Balaban J connectivity index is 1.86. The minimum Gasteiger partial charge on any atom is -0.338 e. The summed E-state index contributed by atoms with van der Waals surface area (Å²) >= 11 is 0. The van der Waals surface area contributed by atoms with E-state index in [1.165, 1.54) is 18.2 Å². The number of anilines is 1. The molecule has 0 radical (unpaired) electrons. The van der Waals surface area contributed by atoms with E-state index in [9.17, 15) is 18.0 Å². The van der Waals surface area contributed by atoms with E-state index in [1.54, 1.807) is 24.3 Å². The molecule has 1 aromatic heterocycles. The summed E-state index contributed by atoms with van der Waals surface area (Å²) < 4.78 is 44.6. The van der Waals surface area contributed by atoms with E-state index in [0.717, 1.165) is 12.5 Å². The largest absolute Gasteiger partial charge is 0.417 e. The van der Waals surface area contributed by atoms with Crippen molar-refractivity contribution >= 4 is 11.7 Å². The summed E-state index contributed by atoms with van der Waals surface area (Å²) in [6, 6.07) is 11.3. The molecule has 28 heavy (non-hydrogen) atoms. The first-order chi connectivity index (χ1) is 13.4. The van der Waals surface area contributed by atoms with E-state index in [4.69, 9.17) is 4.52 Å². The lowest BCUT2D eigenvalue weighted by atomic mass is 10.1. The van der Waals surface area contributed by atoms with Crippen LogP contribution in [0, 0.1) is 0 Å². The van der Waals surface area contributed by atoms with Crippen LogP contribution in [-0.4, -0.2) is 22.7 Å². The number of amides is 2. The Kier molecular flexibility index (Phi) is 5.62. The fraction of sp³-hybridized carbons (Fsp3) is 0.211. The average molecular weight is 390 g/mol. The molecule has 2 N–H and O–H groups in total. The number of hydrogen-bond acceptors (Lipinski definition) is 4. The second-order valence-corrected chi connectivity index (χ2v) is 5.93. The van der Waals surface area contributed by atoms with Crippen molar-refractivity contribution in [3.05, 3.63) is 54.1 Å². The van der Waals surface area contributed by atoms with Gasteiger partial charge in [-0.15, -0.1) is 0 Å². The molecule has 0 unspecified atom stereocenters. The zero-order valence-corrected chi connectivity index (χ0v) is 14.9. The van der Waals surface area contributed by atoms with E-state index in [2.05, 4.69) is 20.8 Å². The van der Waals surface area contributed by atoms with Gasteiger partial charge in [0, 0.05) is 17.8 Å². The second kappa shape index (κ2) is 8.12. The lowest BCUT2D eigenvalue weighted by molar-refractivity contribution is -0.137. The highest BCUT2D eigenvalue weighted by Gasteiger charge is 2.34. The number of carbonyl (C=O) groups is 1. The number of aromatic nitrogens is 2. The molecule has 2 aromatic carbocycles. The lowest BCUT2D eigenvalue weighted by Gasteiger charge is -2.09. The van der Waals surface area contributed by atoms with E-state index >= 15 is 0 Å². The molecule has 3 aromatic rings. The van der Waals surface area contributed by atoms with Gasteiger partial charge in [-0.25, -0.2) is 4.79 Å². The molecule has 3 rings (SSSR count). The molecule has 0 saturated carbocycles. The van der Waals surface area contributed by atoms with Crippen LogP contribution < -0.4 is 10.6 Å². The minimum atomic E-state index is -4.54. The first-order valence-electron chi connectivity index (χ1n) is 8.54. The molecule has 0 saturated heterocycles. The quantitative estimate of drug-likeness (QED) is 0.646. The number of rotatable bonds is 5. The molecule has 0 spiro atoms. The van der Waals surface area contributed by atoms with Crippen LogP contribution >= 0.6 is 0 Å². The van der Waals surface area contributed by atoms with Crippen molar-refractivity contribution in [1.29, 1.82) is 0 Å². The van der Waals surface area contributed by atoms with Gasteiger partial charge in [0.05, 0.1) is 11.1 Å². The van der Waals surface area contributed by atoms with E-state index in [1.807, 2.05) is 6.92 Å². The van der Waals surface area contributed by atoms with E-state index < -0.39 is 11.7 Å². The summed E-state index contributed by atoms with van der Waals surface area (Å²) in [5.41, 5.74) is -0.0592. The highest BCUT2D eigenvalue weighted by molar-refractivity contribution is 5.89. The van der Waals surface area contributed by atoms with Crippen LogP contribution in [0.4, 0.5) is 23.7 Å². The maximum absolute atomic E-state index is 13.2. The second-order valence-electron chi connectivity index (χ2n) is 5.93. The smallest absolute Gasteiger partial charge is 0.338 e. The number of hydrogen-bond donors (Lipinski definition) is 2. The van der Waals surface area contributed by atoms with Crippen molar-refractivity contribution in [2.45, 2.75) is 19.5 Å². The lowest BCUT2D eigenvalue weighted by Crippen LogP contribution is -2.29. The fourth-order valence-electron chi connectivity index (χ4n) is 2.52. The summed E-state index contributed by atoms with van der Waals surface area (Å²) in [7, 11) is 0. The van der Waals surface area contributed by atoms with Gasteiger partial charge >= 0.3 is 12.2 Å². The maximum Gasteiger partial charge on any atom is 0.417 e. The summed E-state index contributed by atoms with van der Waals surface area (Å²) in [4.78, 5) is 15.8. The minimum absolute atomic E-state index is 0.115. The van der Waals surface area contributed by atoms with Gasteiger partial charge in [0.25, 0.3) is 5.89 Å². The summed E-state index contributed by atoms with van der Waals surface area (Å²) in [6.07, 6.45) is -3.74. The zero-order chi connectivity index (χ0) is 20.1. The Hall–Kier alpha value is -3.36. The van der Waals surface area contributed by atoms with Gasteiger partial charge in [-0.2, -0.15) is 18.2 Å². The van der Waals surface area contributed by atoms with Crippen molar-refractivity contribution in [3.8, 4) is 22.8 Å². The van der Waals surface area contributed by atoms with Gasteiger partial charge in [0.1, 0.15) is 0 Å². The van der Waals surface area contributed by atoms with Crippen LogP contribution in [0.2, 0.25) is 0 Å². The van der Waals surface area contributed by atoms with E-state index in [-0.39, 0.29) is 23.3 Å². The molecule has 0 aliphatic rings. The van der Waals surface area contributed by atoms with Crippen molar-refractivity contribution in [1.82, 2.24) is 15.5 Å². The molecule has 9 heteroatoms. The molecule has 2 amide bonds. The van der Waals surface area contributed by atoms with Gasteiger partial charge in [-0.05, 0) is 30.7 Å². The summed E-state index contributed by atoms with van der Waals surface area (Å²) in [5, 5.41) is 9.12. The Morgan fingerprint density at radius 3 is 2.68 bits per heavy atom. The number of nitrogens with zero attached hydrogens (tertiary/aromatic N) is 2. The average Bonchev–Trinajstić information content (AvgIpc) is 3.16. The van der Waals surface area contributed by atoms with Crippen LogP contribution in [0.3, 0.4) is 0 Å². The monoisotopic (exact) mass is 390 g/mol. The predicted octanol–water partition coefficient (Wildman–Crippen LogP) is 4.95. The van der Waals surface area contributed by atoms with Gasteiger partial charge in [-0.1, -0.05) is 36.3 Å². The molecular weight excluding hydrogens is 373 g/mol. The zero-order valence-electron chi connectivity index (χ0n) is 14.9. The molecule has 0 atom stereocenters. The topological polar surface area (TPSA) is 80.0 Å². The number of benzene rings is 2. The molecule has 0 fully saturated rings. The predicted molar refractivity (Wildman–Crippen MR) is 97.5 cm³/mol. The van der Waals surface area contributed by atoms with Gasteiger partial charge < -0.3 is 15.2 Å². The van der Waals surface area contributed by atoms with Crippen LogP contribution in [0.5, 0.6) is 0 Å². The SMILES string of the molecule is CCCNC(=O)Nc1cccc(-c2noc(-c3ccccc3C(F)(F)F)n2)c1.